The second-order valence-corrected chi connectivity index (χ2v) is 7.27. The van der Waals surface area contributed by atoms with Crippen LogP contribution >= 0.6 is 11.6 Å². The number of hydrogen-bond acceptors (Lipinski definition) is 3. The van der Waals surface area contributed by atoms with E-state index in [2.05, 4.69) is 26.1 Å². The zero-order chi connectivity index (χ0) is 19.0. The first kappa shape index (κ1) is 17.8. The van der Waals surface area contributed by atoms with Crippen molar-refractivity contribution in [3.63, 3.8) is 0 Å². The van der Waals surface area contributed by atoms with Gasteiger partial charge in [-0.05, 0) is 50.2 Å². The summed E-state index contributed by atoms with van der Waals surface area (Å²) in [4.78, 5) is 13.1. The number of nitrogens with one attached hydrogen (secondary N) is 2. The number of aromatic amines is 1. The Kier molecular flexibility index (Phi) is 4.76. The topological polar surface area (TPSA) is 67.6 Å². The molecular weight excluding hydrogens is 362 g/mol. The van der Waals surface area contributed by atoms with Crippen molar-refractivity contribution < 1.29 is 0 Å². The minimum atomic E-state index is -0.00601. The third kappa shape index (κ3) is 3.26. The fourth-order valence-electron chi connectivity index (χ4n) is 3.54. The molecule has 0 unspecified atom stereocenters. The van der Waals surface area contributed by atoms with Crippen molar-refractivity contribution in [2.24, 2.45) is 7.05 Å². The largest absolute Gasteiger partial charge is 0.353 e. The molecule has 3 heterocycles. The summed E-state index contributed by atoms with van der Waals surface area (Å²) in [6.45, 7) is 4.15. The van der Waals surface area contributed by atoms with Crippen molar-refractivity contribution in [2.75, 3.05) is 6.54 Å². The van der Waals surface area contributed by atoms with Crippen molar-refractivity contribution in [1.29, 1.82) is 0 Å². The molecule has 0 aliphatic rings. The van der Waals surface area contributed by atoms with Gasteiger partial charge in [0.2, 0.25) is 0 Å². The first-order valence-electron chi connectivity index (χ1n) is 9.04. The van der Waals surface area contributed by atoms with Gasteiger partial charge in [0.15, 0.2) is 0 Å². The number of aryl methyl sites for hydroxylation is 3. The van der Waals surface area contributed by atoms with Crippen molar-refractivity contribution in [3.05, 3.63) is 63.3 Å². The molecule has 0 fully saturated rings. The Morgan fingerprint density at radius 3 is 2.93 bits per heavy atom. The average molecular weight is 384 g/mol. The molecule has 0 aliphatic heterocycles. The number of H-pyrrole nitrogens is 1. The first-order chi connectivity index (χ1) is 13.1. The zero-order valence-electron chi connectivity index (χ0n) is 15.4. The number of aromatic nitrogens is 4. The van der Waals surface area contributed by atoms with Crippen LogP contribution in [-0.4, -0.2) is 25.9 Å². The SMILES string of the molecule is Cc1[nH]nc2c1c(=O)n(CCCNCc1cccn1C)c1ccc(Cl)cc21. The van der Waals surface area contributed by atoms with Crippen LogP contribution in [0.3, 0.4) is 0 Å². The van der Waals surface area contributed by atoms with E-state index in [0.29, 0.717) is 22.5 Å². The van der Waals surface area contributed by atoms with E-state index in [4.69, 9.17) is 11.6 Å². The molecule has 7 heteroatoms. The van der Waals surface area contributed by atoms with Crippen LogP contribution in [0.4, 0.5) is 0 Å². The molecule has 27 heavy (non-hydrogen) atoms. The van der Waals surface area contributed by atoms with Gasteiger partial charge < -0.3 is 14.5 Å². The number of fused-ring (bicyclic) bond motifs is 3. The fourth-order valence-corrected chi connectivity index (χ4v) is 3.72. The molecule has 0 radical (unpaired) electrons. The molecule has 0 aliphatic carbocycles. The van der Waals surface area contributed by atoms with Gasteiger partial charge in [0.05, 0.1) is 10.9 Å². The summed E-state index contributed by atoms with van der Waals surface area (Å²) in [5.41, 5.74) is 3.57. The van der Waals surface area contributed by atoms with Crippen molar-refractivity contribution in [1.82, 2.24) is 24.6 Å². The van der Waals surface area contributed by atoms with E-state index in [9.17, 15) is 4.79 Å². The number of hydrogen-bond donors (Lipinski definition) is 2. The molecule has 0 atom stereocenters. The summed E-state index contributed by atoms with van der Waals surface area (Å²) in [7, 11) is 2.04. The van der Waals surface area contributed by atoms with Crippen molar-refractivity contribution in [2.45, 2.75) is 26.4 Å². The normalized spacial score (nSPS) is 11.7. The van der Waals surface area contributed by atoms with Crippen LogP contribution in [0.2, 0.25) is 5.02 Å². The van der Waals surface area contributed by atoms with E-state index < -0.39 is 0 Å². The van der Waals surface area contributed by atoms with Gasteiger partial charge in [-0.25, -0.2) is 0 Å². The molecule has 0 saturated heterocycles. The lowest BCUT2D eigenvalue weighted by atomic mass is 10.1. The molecular formula is C20H22ClN5O. The predicted molar refractivity (Wildman–Crippen MR) is 109 cm³/mol. The van der Waals surface area contributed by atoms with Crippen LogP contribution in [0.15, 0.2) is 41.3 Å². The summed E-state index contributed by atoms with van der Waals surface area (Å²) in [5.74, 6) is 0. The van der Waals surface area contributed by atoms with E-state index in [1.807, 2.05) is 49.0 Å². The second-order valence-electron chi connectivity index (χ2n) is 6.83. The maximum absolute atomic E-state index is 13.1. The molecule has 3 aromatic heterocycles. The summed E-state index contributed by atoms with van der Waals surface area (Å²) in [5, 5.41) is 12.9. The Bertz CT molecular complexity index is 1170. The highest BCUT2D eigenvalue weighted by atomic mass is 35.5. The van der Waals surface area contributed by atoms with Crippen LogP contribution in [0.5, 0.6) is 0 Å². The van der Waals surface area contributed by atoms with E-state index in [0.717, 1.165) is 36.1 Å². The molecule has 140 valence electrons. The van der Waals surface area contributed by atoms with Gasteiger partial charge in [-0.15, -0.1) is 0 Å². The van der Waals surface area contributed by atoms with Gasteiger partial charge in [-0.2, -0.15) is 5.10 Å². The van der Waals surface area contributed by atoms with Gasteiger partial charge in [-0.1, -0.05) is 11.6 Å². The van der Waals surface area contributed by atoms with Gasteiger partial charge in [0, 0.05) is 48.1 Å². The smallest absolute Gasteiger partial charge is 0.262 e. The Labute approximate surface area is 161 Å². The third-order valence-corrected chi connectivity index (χ3v) is 5.24. The first-order valence-corrected chi connectivity index (χ1v) is 9.41. The Balaban J connectivity index is 1.58. The van der Waals surface area contributed by atoms with Gasteiger partial charge in [0.1, 0.15) is 5.52 Å². The molecule has 0 spiro atoms. The van der Waals surface area contributed by atoms with E-state index in [1.54, 1.807) is 0 Å². The van der Waals surface area contributed by atoms with E-state index >= 15 is 0 Å². The lowest BCUT2D eigenvalue weighted by molar-refractivity contribution is 0.573. The number of benzene rings is 1. The maximum Gasteiger partial charge on any atom is 0.262 e. The molecule has 0 bridgehead atoms. The monoisotopic (exact) mass is 383 g/mol. The summed E-state index contributed by atoms with van der Waals surface area (Å²) >= 11 is 6.19. The molecule has 4 rings (SSSR count). The van der Waals surface area contributed by atoms with Crippen LogP contribution in [0.25, 0.3) is 21.8 Å². The molecule has 0 amide bonds. The third-order valence-electron chi connectivity index (χ3n) is 5.00. The van der Waals surface area contributed by atoms with Crippen LogP contribution in [-0.2, 0) is 20.1 Å². The lowest BCUT2D eigenvalue weighted by Crippen LogP contribution is -2.24. The van der Waals surface area contributed by atoms with Crippen molar-refractivity contribution >= 4 is 33.4 Å². The number of nitrogens with zero attached hydrogens (tertiary/aromatic N) is 3. The number of pyridine rings is 1. The Hall–Kier alpha value is -2.57. The highest BCUT2D eigenvalue weighted by Gasteiger charge is 2.15. The van der Waals surface area contributed by atoms with Gasteiger partial charge >= 0.3 is 0 Å². The van der Waals surface area contributed by atoms with Gasteiger partial charge in [0.25, 0.3) is 5.56 Å². The van der Waals surface area contributed by atoms with E-state index in [1.165, 1.54) is 5.69 Å². The standard InChI is InChI=1S/C20H22ClN5O/c1-13-18-19(24-23-13)16-11-14(21)6-7-17(16)26(20(18)27)10-4-8-22-12-15-5-3-9-25(15)2/h3,5-7,9,11,22H,4,8,10,12H2,1-2H3,(H,23,24). The molecule has 4 aromatic rings. The highest BCUT2D eigenvalue weighted by molar-refractivity contribution is 6.31. The Morgan fingerprint density at radius 1 is 1.30 bits per heavy atom. The van der Waals surface area contributed by atoms with Crippen LogP contribution in [0, 0.1) is 6.92 Å². The minimum Gasteiger partial charge on any atom is -0.353 e. The second kappa shape index (κ2) is 7.21. The summed E-state index contributed by atoms with van der Waals surface area (Å²) in [6, 6.07) is 9.74. The quantitative estimate of drug-likeness (QED) is 0.502. The molecule has 0 saturated carbocycles. The summed E-state index contributed by atoms with van der Waals surface area (Å²) < 4.78 is 3.94. The zero-order valence-corrected chi connectivity index (χ0v) is 16.2. The Morgan fingerprint density at radius 2 is 2.15 bits per heavy atom. The van der Waals surface area contributed by atoms with Crippen molar-refractivity contribution in [3.8, 4) is 0 Å². The molecule has 1 aromatic carbocycles. The van der Waals surface area contributed by atoms with Crippen LogP contribution < -0.4 is 10.9 Å². The van der Waals surface area contributed by atoms with Crippen LogP contribution in [0.1, 0.15) is 17.8 Å². The number of halogens is 1. The minimum absolute atomic E-state index is 0.00601. The number of rotatable bonds is 6. The van der Waals surface area contributed by atoms with E-state index in [-0.39, 0.29) is 5.56 Å². The maximum atomic E-state index is 13.1. The summed E-state index contributed by atoms with van der Waals surface area (Å²) in [6.07, 6.45) is 2.89. The average Bonchev–Trinajstić information content (AvgIpc) is 3.23. The lowest BCUT2D eigenvalue weighted by Gasteiger charge is -2.12. The highest BCUT2D eigenvalue weighted by Crippen LogP contribution is 2.25. The van der Waals surface area contributed by atoms with Gasteiger partial charge in [-0.3, -0.25) is 9.89 Å². The molecule has 6 nitrogen and oxygen atoms in total. The predicted octanol–water partition coefficient (Wildman–Crippen LogP) is 3.36. The molecule has 2 N–H and O–H groups in total. The fraction of sp³-hybridized carbons (Fsp3) is 0.300.